The van der Waals surface area contributed by atoms with Crippen molar-refractivity contribution in [2.75, 3.05) is 33.2 Å². The smallest absolute Gasteiger partial charge is 0.322 e. The number of hydrogen-bond acceptors (Lipinski definition) is 8. The Balaban J connectivity index is 1.42. The average Bonchev–Trinajstić information content (AvgIpc) is 3.80. The fourth-order valence-electron chi connectivity index (χ4n) is 8.32. The highest BCUT2D eigenvalue weighted by Gasteiger charge is 2.57. The molecule has 0 aliphatic heterocycles. The lowest BCUT2D eigenvalue weighted by atomic mass is 9.64. The number of carbonyl (C=O) groups excluding carboxylic acids is 2. The third kappa shape index (κ3) is 8.20. The monoisotopic (exact) mass is 736 g/mol. The Morgan fingerprint density at radius 1 is 0.944 bits per heavy atom. The second-order valence-corrected chi connectivity index (χ2v) is 14.9. The number of nitrogens with zero attached hydrogens (tertiary/aromatic N) is 1. The van der Waals surface area contributed by atoms with Crippen molar-refractivity contribution in [1.29, 1.82) is 0 Å². The Kier molecular flexibility index (Phi) is 11.8. The van der Waals surface area contributed by atoms with Crippen LogP contribution in [0, 0.1) is 5.41 Å². The number of ketones is 1. The molecule has 3 N–H and O–H groups in total. The third-order valence-corrected chi connectivity index (χ3v) is 11.6. The topological polar surface area (TPSA) is 131 Å². The normalized spacial score (nSPS) is 22.8. The summed E-state index contributed by atoms with van der Waals surface area (Å²) in [5.41, 5.74) is 2.60. The molecule has 1 fully saturated rings. The van der Waals surface area contributed by atoms with Gasteiger partial charge in [-0.25, -0.2) is 4.79 Å². The molecule has 3 aliphatic carbocycles. The van der Waals surface area contributed by atoms with Crippen LogP contribution in [0.15, 0.2) is 95.1 Å². The number of allylic oxidation sites excluding steroid dienone is 2. The van der Waals surface area contributed by atoms with Gasteiger partial charge in [0.1, 0.15) is 17.2 Å². The predicted octanol–water partition coefficient (Wildman–Crippen LogP) is 8.31. The molecular formula is C44H52N2O8. The van der Waals surface area contributed by atoms with Gasteiger partial charge in [-0.05, 0) is 124 Å². The first-order valence-electron chi connectivity index (χ1n) is 18.6. The molecule has 10 nitrogen and oxygen atoms in total. The van der Waals surface area contributed by atoms with Crippen LogP contribution in [-0.4, -0.2) is 66.5 Å². The average molecular weight is 737 g/mol. The minimum absolute atomic E-state index is 0.0195. The number of amides is 2. The van der Waals surface area contributed by atoms with E-state index < -0.39 is 17.1 Å². The van der Waals surface area contributed by atoms with Crippen molar-refractivity contribution >= 4 is 17.5 Å². The number of hydrogen-bond donors (Lipinski definition) is 3. The molecule has 0 radical (unpaired) electrons. The van der Waals surface area contributed by atoms with E-state index >= 15 is 0 Å². The van der Waals surface area contributed by atoms with Crippen LogP contribution in [0.2, 0.25) is 0 Å². The molecule has 1 saturated carbocycles. The summed E-state index contributed by atoms with van der Waals surface area (Å²) in [4.78, 5) is 30.1. The molecule has 286 valence electrons. The van der Waals surface area contributed by atoms with Crippen molar-refractivity contribution in [2.24, 2.45) is 5.41 Å². The van der Waals surface area contributed by atoms with E-state index in [9.17, 15) is 19.8 Å². The summed E-state index contributed by atoms with van der Waals surface area (Å²) in [7, 11) is 4.75. The number of benzene rings is 3. The van der Waals surface area contributed by atoms with Crippen molar-refractivity contribution in [2.45, 2.75) is 83.0 Å². The summed E-state index contributed by atoms with van der Waals surface area (Å²) in [5, 5.41) is 27.1. The molecule has 7 rings (SSSR count). The molecule has 4 aromatic rings. The van der Waals surface area contributed by atoms with Gasteiger partial charge in [-0.15, -0.1) is 0 Å². The van der Waals surface area contributed by atoms with E-state index in [2.05, 4.69) is 25.2 Å². The van der Waals surface area contributed by atoms with Crippen LogP contribution in [0.4, 0.5) is 10.5 Å². The standard InChI is InChI=1S/C44H52N2O8/c1-29-8-6-21-43(2)38(36-19-11-30(24-33(47)15-10-29)25-37(36)41(48)39-9-7-23-54-39)20-22-44(43,50)28-46(27-31-12-16-35(52-4)26-40(31)53-5)42(49)45-32-13-17-34(51-3)18-14-32/h7-9,11-14,16-19,23,25-26,33,38,47,50H,6,10,15,20-22,24,27-28H2,1-5H3,(H,45,49)/t33-,38-,43-,44+/m0/s1. The number of fused-ring (bicyclic) bond motifs is 8. The highest BCUT2D eigenvalue weighted by atomic mass is 16.5. The number of methoxy groups -OCH3 is 3. The number of urea groups is 1. The maximum absolute atomic E-state index is 14.3. The van der Waals surface area contributed by atoms with Crippen molar-refractivity contribution in [3.05, 3.63) is 119 Å². The fourth-order valence-corrected chi connectivity index (χ4v) is 8.32. The van der Waals surface area contributed by atoms with Crippen LogP contribution in [0.1, 0.15) is 91.1 Å². The molecule has 1 aromatic heterocycles. The van der Waals surface area contributed by atoms with Gasteiger partial charge in [-0.3, -0.25) is 4.79 Å². The largest absolute Gasteiger partial charge is 0.497 e. The molecule has 0 spiro atoms. The first kappa shape index (κ1) is 38.7. The lowest BCUT2D eigenvalue weighted by molar-refractivity contribution is -0.0773. The zero-order chi connectivity index (χ0) is 38.5. The number of nitrogens with one attached hydrogen (secondary N) is 1. The van der Waals surface area contributed by atoms with E-state index in [0.717, 1.165) is 23.1 Å². The zero-order valence-electron chi connectivity index (χ0n) is 31.9. The van der Waals surface area contributed by atoms with Crippen LogP contribution in [0.3, 0.4) is 0 Å². The molecule has 10 heteroatoms. The van der Waals surface area contributed by atoms with Gasteiger partial charge in [-0.2, -0.15) is 0 Å². The molecule has 2 bridgehead atoms. The highest BCUT2D eigenvalue weighted by molar-refractivity contribution is 6.08. The fraction of sp³-hybridized carbons (Fsp3) is 0.409. The summed E-state index contributed by atoms with van der Waals surface area (Å²) < 4.78 is 22.1. The summed E-state index contributed by atoms with van der Waals surface area (Å²) in [6.07, 6.45) is 7.18. The second kappa shape index (κ2) is 16.5. The van der Waals surface area contributed by atoms with Crippen molar-refractivity contribution < 1.29 is 38.4 Å². The van der Waals surface area contributed by atoms with E-state index in [4.69, 9.17) is 18.6 Å². The molecule has 2 amide bonds. The van der Waals surface area contributed by atoms with Crippen LogP contribution in [0.25, 0.3) is 0 Å². The van der Waals surface area contributed by atoms with Crippen LogP contribution in [0.5, 0.6) is 17.2 Å². The molecule has 54 heavy (non-hydrogen) atoms. The van der Waals surface area contributed by atoms with Gasteiger partial charge >= 0.3 is 6.03 Å². The summed E-state index contributed by atoms with van der Waals surface area (Å²) in [5.74, 6) is 1.62. The van der Waals surface area contributed by atoms with E-state index in [1.165, 1.54) is 11.8 Å². The van der Waals surface area contributed by atoms with Gasteiger partial charge in [0.15, 0.2) is 5.76 Å². The molecule has 3 aliphatic rings. The van der Waals surface area contributed by atoms with E-state index in [-0.39, 0.29) is 36.6 Å². The van der Waals surface area contributed by atoms with Crippen molar-refractivity contribution in [1.82, 2.24) is 4.90 Å². The maximum atomic E-state index is 14.3. The Labute approximate surface area is 317 Å². The third-order valence-electron chi connectivity index (χ3n) is 11.6. The Hall–Kier alpha value is -5.06. The number of ether oxygens (including phenoxy) is 3. The Morgan fingerprint density at radius 2 is 1.70 bits per heavy atom. The molecule has 4 atom stereocenters. The van der Waals surface area contributed by atoms with Gasteiger partial charge < -0.3 is 39.1 Å². The minimum Gasteiger partial charge on any atom is -0.497 e. The number of furan rings is 1. The highest BCUT2D eigenvalue weighted by Crippen LogP contribution is 2.59. The minimum atomic E-state index is -1.35. The molecule has 0 saturated heterocycles. The van der Waals surface area contributed by atoms with Gasteiger partial charge in [-0.1, -0.05) is 30.7 Å². The quantitative estimate of drug-likeness (QED) is 0.110. The number of carbonyl (C=O) groups is 2. The first-order valence-corrected chi connectivity index (χ1v) is 18.6. The van der Waals surface area contributed by atoms with Crippen LogP contribution in [-0.2, 0) is 13.0 Å². The summed E-state index contributed by atoms with van der Waals surface area (Å²) in [6, 6.07) is 21.4. The van der Waals surface area contributed by atoms with E-state index in [1.807, 2.05) is 30.3 Å². The summed E-state index contributed by atoms with van der Waals surface area (Å²) in [6.45, 7) is 4.36. The summed E-state index contributed by atoms with van der Waals surface area (Å²) >= 11 is 0. The van der Waals surface area contributed by atoms with Gasteiger partial charge in [0.25, 0.3) is 0 Å². The molecule has 0 unspecified atom stereocenters. The molecular weight excluding hydrogens is 684 g/mol. The Morgan fingerprint density at radius 3 is 2.41 bits per heavy atom. The van der Waals surface area contributed by atoms with E-state index in [1.54, 1.807) is 68.7 Å². The SMILES string of the molecule is COc1ccc(NC(=O)N(Cc2ccc(OC)cc2OC)C[C@]2(O)CC[C@H]3c4ccc(cc4C(=O)c4ccco4)C[C@@H](O)CCC(C)=CCC[C@@]32C)cc1. The predicted molar refractivity (Wildman–Crippen MR) is 208 cm³/mol. The Bertz CT molecular complexity index is 1960. The van der Waals surface area contributed by atoms with Crippen LogP contribution >= 0.6 is 0 Å². The van der Waals surface area contributed by atoms with E-state index in [0.29, 0.717) is 67.0 Å². The number of aliphatic hydroxyl groups excluding tert-OH is 1. The van der Waals surface area contributed by atoms with Gasteiger partial charge in [0.05, 0.1) is 52.4 Å². The van der Waals surface area contributed by atoms with Gasteiger partial charge in [0, 0.05) is 28.3 Å². The van der Waals surface area contributed by atoms with Gasteiger partial charge in [0.2, 0.25) is 5.78 Å². The number of rotatable bonds is 10. The lowest BCUT2D eigenvalue weighted by Crippen LogP contribution is -2.54. The first-order chi connectivity index (χ1) is 26.0. The van der Waals surface area contributed by atoms with Crippen molar-refractivity contribution in [3.63, 3.8) is 0 Å². The van der Waals surface area contributed by atoms with Crippen molar-refractivity contribution in [3.8, 4) is 17.2 Å². The molecule has 1 heterocycles. The zero-order valence-corrected chi connectivity index (χ0v) is 31.9. The lowest BCUT2D eigenvalue weighted by Gasteiger charge is -2.46. The number of anilines is 1. The molecule has 3 aromatic carbocycles. The maximum Gasteiger partial charge on any atom is 0.322 e. The second-order valence-electron chi connectivity index (χ2n) is 14.9. The number of aliphatic hydroxyl groups is 2. The van der Waals surface area contributed by atoms with Crippen LogP contribution < -0.4 is 19.5 Å².